The van der Waals surface area contributed by atoms with Crippen molar-refractivity contribution in [1.29, 1.82) is 0 Å². The van der Waals surface area contributed by atoms with Crippen molar-refractivity contribution in [3.8, 4) is 5.75 Å². The van der Waals surface area contributed by atoms with Crippen LogP contribution in [0.2, 0.25) is 0 Å². The Morgan fingerprint density at radius 3 is 2.59 bits per heavy atom. The Balaban J connectivity index is 1.67. The zero-order valence-corrected chi connectivity index (χ0v) is 16.7. The van der Waals surface area contributed by atoms with Gasteiger partial charge >= 0.3 is 0 Å². The fraction of sp³-hybridized carbons (Fsp3) is 0.429. The molecule has 146 valence electrons. The zero-order valence-electron chi connectivity index (χ0n) is 15.9. The average molecular weight is 390 g/mol. The lowest BCUT2D eigenvalue weighted by Gasteiger charge is -2.36. The van der Waals surface area contributed by atoms with E-state index < -0.39 is 16.3 Å². The van der Waals surface area contributed by atoms with Crippen LogP contribution in [0.4, 0.5) is 0 Å². The second kappa shape index (κ2) is 8.87. The molecule has 0 spiro atoms. The summed E-state index contributed by atoms with van der Waals surface area (Å²) in [5, 5.41) is 0. The second-order valence-electron chi connectivity index (χ2n) is 6.95. The summed E-state index contributed by atoms with van der Waals surface area (Å²) in [5.74, 6) is 0.781. The molecule has 1 heterocycles. The fourth-order valence-corrected chi connectivity index (χ4v) is 4.10. The summed E-state index contributed by atoms with van der Waals surface area (Å²) in [7, 11) is -1.93. The molecule has 0 N–H and O–H groups in total. The molecule has 1 aliphatic rings. The standard InChI is InChI=1S/C21H27NO4S/c1-25-19-11-12-20-18(16-19)13-15-22(21(20)26-27(2,23)24)14-7-6-10-17-8-4-3-5-9-17/h3-5,8-9,11-12,16,21H,6-7,10,13-15H2,1-2H3. The third-order valence-electron chi connectivity index (χ3n) is 4.89. The van der Waals surface area contributed by atoms with Crippen molar-refractivity contribution in [3.05, 3.63) is 65.2 Å². The van der Waals surface area contributed by atoms with Crippen LogP contribution in [0.5, 0.6) is 5.75 Å². The van der Waals surface area contributed by atoms with Crippen molar-refractivity contribution in [2.24, 2.45) is 0 Å². The molecule has 6 heteroatoms. The molecule has 27 heavy (non-hydrogen) atoms. The highest BCUT2D eigenvalue weighted by Gasteiger charge is 2.30. The Hall–Kier alpha value is -1.89. The van der Waals surface area contributed by atoms with E-state index in [1.54, 1.807) is 7.11 Å². The molecule has 0 fully saturated rings. The summed E-state index contributed by atoms with van der Waals surface area (Å²) in [6.07, 6.45) is 4.48. The smallest absolute Gasteiger partial charge is 0.266 e. The van der Waals surface area contributed by atoms with Gasteiger partial charge in [0.25, 0.3) is 10.1 Å². The summed E-state index contributed by atoms with van der Waals surface area (Å²) in [6.45, 7) is 1.57. The highest BCUT2D eigenvalue weighted by molar-refractivity contribution is 7.86. The number of methoxy groups -OCH3 is 1. The molecular formula is C21H27NO4S. The molecule has 2 aromatic carbocycles. The summed E-state index contributed by atoms with van der Waals surface area (Å²) in [6, 6.07) is 16.2. The van der Waals surface area contributed by atoms with Crippen LogP contribution in [0.3, 0.4) is 0 Å². The minimum atomic E-state index is -3.56. The van der Waals surface area contributed by atoms with Gasteiger partial charge in [-0.25, -0.2) is 4.18 Å². The third-order valence-corrected chi connectivity index (χ3v) is 5.42. The van der Waals surface area contributed by atoms with Gasteiger partial charge in [0.2, 0.25) is 0 Å². The SMILES string of the molecule is COc1ccc2c(c1)CCN(CCCCc1ccccc1)C2OS(C)(=O)=O. The molecule has 0 saturated heterocycles. The number of ether oxygens (including phenoxy) is 1. The van der Waals surface area contributed by atoms with Crippen LogP contribution in [-0.2, 0) is 27.1 Å². The Bertz CT molecular complexity index is 852. The third kappa shape index (κ3) is 5.54. The Morgan fingerprint density at radius 1 is 1.11 bits per heavy atom. The molecule has 1 unspecified atom stereocenters. The molecule has 1 aliphatic heterocycles. The summed E-state index contributed by atoms with van der Waals surface area (Å²) < 4.78 is 34.4. The Kier molecular flexibility index (Phi) is 6.52. The lowest BCUT2D eigenvalue weighted by molar-refractivity contribution is 0.0199. The molecule has 0 amide bonds. The molecule has 3 rings (SSSR count). The second-order valence-corrected chi connectivity index (χ2v) is 8.55. The number of nitrogens with zero attached hydrogens (tertiary/aromatic N) is 1. The van der Waals surface area contributed by atoms with E-state index in [1.807, 2.05) is 24.3 Å². The first-order valence-electron chi connectivity index (χ1n) is 9.29. The predicted molar refractivity (Wildman–Crippen MR) is 106 cm³/mol. The van der Waals surface area contributed by atoms with E-state index in [1.165, 1.54) is 5.56 Å². The van der Waals surface area contributed by atoms with Gasteiger partial charge in [-0.2, -0.15) is 8.42 Å². The summed E-state index contributed by atoms with van der Waals surface area (Å²) >= 11 is 0. The summed E-state index contributed by atoms with van der Waals surface area (Å²) in [4.78, 5) is 2.13. The van der Waals surface area contributed by atoms with Gasteiger partial charge in [-0.15, -0.1) is 0 Å². The van der Waals surface area contributed by atoms with E-state index >= 15 is 0 Å². The average Bonchev–Trinajstić information content (AvgIpc) is 2.66. The highest BCUT2D eigenvalue weighted by atomic mass is 32.2. The quantitative estimate of drug-likeness (QED) is 0.510. The van der Waals surface area contributed by atoms with Gasteiger partial charge in [-0.1, -0.05) is 36.4 Å². The number of unbranched alkanes of at least 4 members (excludes halogenated alkanes) is 1. The Labute approximate surface area is 162 Å². The van der Waals surface area contributed by atoms with Crippen molar-refractivity contribution >= 4 is 10.1 Å². The van der Waals surface area contributed by atoms with Crippen molar-refractivity contribution < 1.29 is 17.3 Å². The maximum absolute atomic E-state index is 11.8. The van der Waals surface area contributed by atoms with Crippen molar-refractivity contribution in [2.75, 3.05) is 26.5 Å². The van der Waals surface area contributed by atoms with Gasteiger partial charge in [-0.05, 0) is 48.9 Å². The van der Waals surface area contributed by atoms with E-state index in [4.69, 9.17) is 8.92 Å². The minimum Gasteiger partial charge on any atom is -0.497 e. The molecule has 0 bridgehead atoms. The highest BCUT2D eigenvalue weighted by Crippen LogP contribution is 2.34. The Morgan fingerprint density at radius 2 is 1.89 bits per heavy atom. The first-order valence-corrected chi connectivity index (χ1v) is 11.1. The van der Waals surface area contributed by atoms with E-state index in [0.717, 1.165) is 61.9 Å². The normalized spacial score (nSPS) is 17.5. The molecular weight excluding hydrogens is 362 g/mol. The van der Waals surface area contributed by atoms with Gasteiger partial charge in [-0.3, -0.25) is 4.90 Å². The van der Waals surface area contributed by atoms with Crippen LogP contribution < -0.4 is 4.74 Å². The van der Waals surface area contributed by atoms with Crippen LogP contribution in [0.25, 0.3) is 0 Å². The monoisotopic (exact) mass is 389 g/mol. The maximum Gasteiger partial charge on any atom is 0.266 e. The molecule has 0 aliphatic carbocycles. The molecule has 5 nitrogen and oxygen atoms in total. The van der Waals surface area contributed by atoms with Crippen molar-refractivity contribution in [2.45, 2.75) is 31.9 Å². The van der Waals surface area contributed by atoms with Gasteiger partial charge in [0, 0.05) is 18.7 Å². The molecule has 0 radical (unpaired) electrons. The number of aryl methyl sites for hydroxylation is 1. The summed E-state index contributed by atoms with van der Waals surface area (Å²) in [5.41, 5.74) is 3.33. The molecule has 0 aromatic heterocycles. The predicted octanol–water partition coefficient (Wildman–Crippen LogP) is 3.55. The van der Waals surface area contributed by atoms with E-state index in [9.17, 15) is 8.42 Å². The largest absolute Gasteiger partial charge is 0.497 e. The lowest BCUT2D eigenvalue weighted by Crippen LogP contribution is -2.38. The van der Waals surface area contributed by atoms with E-state index in [0.29, 0.717) is 0 Å². The number of fused-ring (bicyclic) bond motifs is 1. The van der Waals surface area contributed by atoms with Gasteiger partial charge < -0.3 is 4.74 Å². The first-order chi connectivity index (χ1) is 13.0. The zero-order chi connectivity index (χ0) is 19.3. The van der Waals surface area contributed by atoms with Crippen LogP contribution in [0, 0.1) is 0 Å². The fourth-order valence-electron chi connectivity index (χ4n) is 3.54. The molecule has 0 saturated carbocycles. The van der Waals surface area contributed by atoms with Crippen LogP contribution in [0.1, 0.15) is 35.8 Å². The first kappa shape index (κ1) is 19.9. The number of benzene rings is 2. The van der Waals surface area contributed by atoms with Crippen LogP contribution in [0.15, 0.2) is 48.5 Å². The van der Waals surface area contributed by atoms with Crippen molar-refractivity contribution in [1.82, 2.24) is 4.90 Å². The number of rotatable bonds is 8. The maximum atomic E-state index is 11.8. The topological polar surface area (TPSA) is 55.8 Å². The van der Waals surface area contributed by atoms with Crippen LogP contribution in [-0.4, -0.2) is 39.8 Å². The van der Waals surface area contributed by atoms with E-state index in [-0.39, 0.29) is 0 Å². The van der Waals surface area contributed by atoms with Crippen molar-refractivity contribution in [3.63, 3.8) is 0 Å². The van der Waals surface area contributed by atoms with E-state index in [2.05, 4.69) is 29.2 Å². The number of hydrogen-bond donors (Lipinski definition) is 0. The van der Waals surface area contributed by atoms with Gasteiger partial charge in [0.15, 0.2) is 6.23 Å². The van der Waals surface area contributed by atoms with Gasteiger partial charge in [0.1, 0.15) is 5.75 Å². The minimum absolute atomic E-state index is 0.564. The lowest BCUT2D eigenvalue weighted by atomic mass is 9.97. The number of hydrogen-bond acceptors (Lipinski definition) is 5. The van der Waals surface area contributed by atoms with Gasteiger partial charge in [0.05, 0.1) is 13.4 Å². The molecule has 2 aromatic rings. The molecule has 1 atom stereocenters. The van der Waals surface area contributed by atoms with Crippen LogP contribution >= 0.6 is 0 Å².